The van der Waals surface area contributed by atoms with Gasteiger partial charge in [-0.15, -0.1) is 0 Å². The van der Waals surface area contributed by atoms with Crippen LogP contribution in [0.15, 0.2) is 24.3 Å². The van der Waals surface area contributed by atoms with Gasteiger partial charge in [-0.05, 0) is 36.5 Å². The number of halogens is 3. The van der Waals surface area contributed by atoms with Gasteiger partial charge in [-0.3, -0.25) is 0 Å². The van der Waals surface area contributed by atoms with Gasteiger partial charge in [0.25, 0.3) is 0 Å². The van der Waals surface area contributed by atoms with E-state index in [-0.39, 0.29) is 12.5 Å². The smallest absolute Gasteiger partial charge is 0.396 e. The van der Waals surface area contributed by atoms with Crippen LogP contribution in [0, 0.1) is 5.92 Å². The van der Waals surface area contributed by atoms with E-state index < -0.39 is 11.7 Å². The number of alkyl halides is 3. The summed E-state index contributed by atoms with van der Waals surface area (Å²) in [7, 11) is 0. The van der Waals surface area contributed by atoms with Gasteiger partial charge < -0.3 is 5.11 Å². The van der Waals surface area contributed by atoms with Crippen LogP contribution in [0.4, 0.5) is 13.2 Å². The summed E-state index contributed by atoms with van der Waals surface area (Å²) in [6.07, 6.45) is -2.79. The van der Waals surface area contributed by atoms with E-state index in [1.807, 2.05) is 6.92 Å². The van der Waals surface area contributed by atoms with Crippen molar-refractivity contribution in [3.05, 3.63) is 35.4 Å². The number of hydrogen-bond donors (Lipinski definition) is 1. The van der Waals surface area contributed by atoms with E-state index in [0.717, 1.165) is 24.1 Å². The Hall–Kier alpha value is -1.03. The Bertz CT molecular complexity index is 316. The highest BCUT2D eigenvalue weighted by molar-refractivity contribution is 5.24. The van der Waals surface area contributed by atoms with Crippen LogP contribution < -0.4 is 0 Å². The van der Waals surface area contributed by atoms with E-state index in [0.29, 0.717) is 6.42 Å². The minimum atomic E-state index is -4.27. The number of rotatable bonds is 4. The first-order valence-electron chi connectivity index (χ1n) is 5.20. The summed E-state index contributed by atoms with van der Waals surface area (Å²) in [6.45, 7) is 2.02. The summed E-state index contributed by atoms with van der Waals surface area (Å²) in [4.78, 5) is 0. The highest BCUT2D eigenvalue weighted by Gasteiger charge is 2.29. The number of hydrogen-bond acceptors (Lipinski definition) is 1. The zero-order valence-corrected chi connectivity index (χ0v) is 9.09. The molecule has 1 rings (SSSR count). The second-order valence-electron chi connectivity index (χ2n) is 4.02. The van der Waals surface area contributed by atoms with Crippen LogP contribution in [-0.4, -0.2) is 11.7 Å². The van der Waals surface area contributed by atoms with E-state index in [9.17, 15) is 13.2 Å². The van der Waals surface area contributed by atoms with Gasteiger partial charge >= 0.3 is 6.18 Å². The maximum Gasteiger partial charge on any atom is 0.416 e. The second-order valence-corrected chi connectivity index (χ2v) is 4.02. The Morgan fingerprint density at radius 3 is 2.19 bits per heavy atom. The summed E-state index contributed by atoms with van der Waals surface area (Å²) < 4.78 is 36.8. The summed E-state index contributed by atoms with van der Waals surface area (Å²) in [5, 5.41) is 8.81. The average molecular weight is 232 g/mol. The molecular weight excluding hydrogens is 217 g/mol. The predicted octanol–water partition coefficient (Wildman–Crippen LogP) is 3.27. The first-order chi connectivity index (χ1) is 7.43. The zero-order valence-electron chi connectivity index (χ0n) is 9.09. The van der Waals surface area contributed by atoms with Crippen molar-refractivity contribution in [2.24, 2.45) is 5.92 Å². The molecule has 4 heteroatoms. The van der Waals surface area contributed by atoms with Crippen molar-refractivity contribution in [3.63, 3.8) is 0 Å². The van der Waals surface area contributed by atoms with Crippen molar-refractivity contribution in [2.75, 3.05) is 6.61 Å². The minimum absolute atomic E-state index is 0.112. The van der Waals surface area contributed by atoms with Crippen LogP contribution in [0.2, 0.25) is 0 Å². The summed E-state index contributed by atoms with van der Waals surface area (Å²) in [6, 6.07) is 5.18. The fourth-order valence-electron chi connectivity index (χ4n) is 1.36. The molecule has 0 bridgehead atoms. The van der Waals surface area contributed by atoms with Crippen LogP contribution in [0.1, 0.15) is 24.5 Å². The molecule has 90 valence electrons. The molecule has 1 aromatic carbocycles. The molecular formula is C12H15F3O. The number of aliphatic hydroxyl groups excluding tert-OH is 1. The van der Waals surface area contributed by atoms with Crippen LogP contribution in [0.25, 0.3) is 0 Å². The molecule has 0 aliphatic carbocycles. The molecule has 0 fully saturated rings. The maximum atomic E-state index is 12.3. The van der Waals surface area contributed by atoms with Gasteiger partial charge in [0.05, 0.1) is 5.56 Å². The van der Waals surface area contributed by atoms with Gasteiger partial charge in [0.2, 0.25) is 0 Å². The predicted molar refractivity (Wildman–Crippen MR) is 56.0 cm³/mol. The second kappa shape index (κ2) is 5.34. The molecule has 16 heavy (non-hydrogen) atoms. The van der Waals surface area contributed by atoms with Gasteiger partial charge in [0.15, 0.2) is 0 Å². The van der Waals surface area contributed by atoms with Crippen LogP contribution >= 0.6 is 0 Å². The lowest BCUT2D eigenvalue weighted by Gasteiger charge is -2.09. The molecule has 0 heterocycles. The third kappa shape index (κ3) is 3.85. The lowest BCUT2D eigenvalue weighted by molar-refractivity contribution is -0.137. The molecule has 1 unspecified atom stereocenters. The van der Waals surface area contributed by atoms with E-state index >= 15 is 0 Å². The highest BCUT2D eigenvalue weighted by atomic mass is 19.4. The first kappa shape index (κ1) is 13.0. The van der Waals surface area contributed by atoms with Crippen molar-refractivity contribution in [2.45, 2.75) is 25.9 Å². The number of aliphatic hydroxyl groups is 1. The van der Waals surface area contributed by atoms with Gasteiger partial charge in [-0.2, -0.15) is 13.2 Å². The van der Waals surface area contributed by atoms with Crippen molar-refractivity contribution in [3.8, 4) is 0 Å². The van der Waals surface area contributed by atoms with E-state index in [4.69, 9.17) is 5.11 Å². The van der Waals surface area contributed by atoms with E-state index in [2.05, 4.69) is 0 Å². The van der Waals surface area contributed by atoms with E-state index in [1.165, 1.54) is 12.1 Å². The largest absolute Gasteiger partial charge is 0.416 e. The molecule has 1 nitrogen and oxygen atoms in total. The molecule has 0 saturated heterocycles. The molecule has 0 saturated carbocycles. The summed E-state index contributed by atoms with van der Waals surface area (Å²) in [5.74, 6) is 0.183. The summed E-state index contributed by atoms with van der Waals surface area (Å²) >= 11 is 0. The normalized spacial score (nSPS) is 13.8. The van der Waals surface area contributed by atoms with Gasteiger partial charge in [-0.25, -0.2) is 0 Å². The van der Waals surface area contributed by atoms with Gasteiger partial charge in [-0.1, -0.05) is 19.1 Å². The molecule has 0 aliphatic heterocycles. The monoisotopic (exact) mass is 232 g/mol. The SMILES string of the molecule is CC(CO)CCc1ccc(C(F)(F)F)cc1. The van der Waals surface area contributed by atoms with Crippen molar-refractivity contribution >= 4 is 0 Å². The highest BCUT2D eigenvalue weighted by Crippen LogP contribution is 2.29. The van der Waals surface area contributed by atoms with Gasteiger partial charge in [0.1, 0.15) is 0 Å². The lowest BCUT2D eigenvalue weighted by Crippen LogP contribution is -2.05. The quantitative estimate of drug-likeness (QED) is 0.844. The Morgan fingerprint density at radius 1 is 1.19 bits per heavy atom. The van der Waals surface area contributed by atoms with Crippen molar-refractivity contribution < 1.29 is 18.3 Å². The van der Waals surface area contributed by atoms with Gasteiger partial charge in [0, 0.05) is 6.61 Å². The average Bonchev–Trinajstić information content (AvgIpc) is 2.25. The number of benzene rings is 1. The van der Waals surface area contributed by atoms with E-state index in [1.54, 1.807) is 0 Å². The summed E-state index contributed by atoms with van der Waals surface area (Å²) in [5.41, 5.74) is 0.250. The van der Waals surface area contributed by atoms with Crippen molar-refractivity contribution in [1.29, 1.82) is 0 Å². The molecule has 0 amide bonds. The molecule has 0 radical (unpaired) electrons. The fraction of sp³-hybridized carbons (Fsp3) is 0.500. The Labute approximate surface area is 92.9 Å². The third-order valence-corrected chi connectivity index (χ3v) is 2.52. The van der Waals surface area contributed by atoms with Crippen LogP contribution in [-0.2, 0) is 12.6 Å². The topological polar surface area (TPSA) is 20.2 Å². The Morgan fingerprint density at radius 2 is 1.75 bits per heavy atom. The molecule has 0 aromatic heterocycles. The van der Waals surface area contributed by atoms with Crippen LogP contribution in [0.5, 0.6) is 0 Å². The van der Waals surface area contributed by atoms with Crippen LogP contribution in [0.3, 0.4) is 0 Å². The molecule has 0 spiro atoms. The molecule has 1 N–H and O–H groups in total. The first-order valence-corrected chi connectivity index (χ1v) is 5.20. The fourth-order valence-corrected chi connectivity index (χ4v) is 1.36. The van der Waals surface area contributed by atoms with Crippen molar-refractivity contribution in [1.82, 2.24) is 0 Å². The Kier molecular flexibility index (Phi) is 4.35. The third-order valence-electron chi connectivity index (χ3n) is 2.52. The minimum Gasteiger partial charge on any atom is -0.396 e. The zero-order chi connectivity index (χ0) is 12.2. The Balaban J connectivity index is 2.58. The molecule has 1 atom stereocenters. The lowest BCUT2D eigenvalue weighted by atomic mass is 10.0. The molecule has 1 aromatic rings. The number of aryl methyl sites for hydroxylation is 1. The standard InChI is InChI=1S/C12H15F3O/c1-9(8-16)2-3-10-4-6-11(7-5-10)12(13,14)15/h4-7,9,16H,2-3,8H2,1H3. The maximum absolute atomic E-state index is 12.3. The molecule has 0 aliphatic rings.